The van der Waals surface area contributed by atoms with Gasteiger partial charge in [-0.05, 0) is 87.4 Å². The van der Waals surface area contributed by atoms with Crippen LogP contribution in [-0.2, 0) is 32.6 Å². The van der Waals surface area contributed by atoms with Crippen molar-refractivity contribution in [2.24, 2.45) is 0 Å². The second-order valence-corrected chi connectivity index (χ2v) is 13.7. The number of sulfonamides is 1. The number of amides is 2. The number of hydrogen-bond acceptors (Lipinski definition) is 5. The van der Waals surface area contributed by atoms with Crippen LogP contribution in [0.4, 0.5) is 10.1 Å². The summed E-state index contributed by atoms with van der Waals surface area (Å²) in [6.07, 6.45) is 0.203. The third kappa shape index (κ3) is 9.17. The van der Waals surface area contributed by atoms with Crippen LogP contribution in [0.5, 0.6) is 5.75 Å². The molecule has 4 rings (SSSR count). The van der Waals surface area contributed by atoms with Crippen LogP contribution >= 0.6 is 0 Å². The molecule has 4 aromatic rings. The second kappa shape index (κ2) is 15.1. The lowest BCUT2D eigenvalue weighted by Gasteiger charge is -2.35. The molecular formula is C36H40FN3O5S. The lowest BCUT2D eigenvalue weighted by Crippen LogP contribution is -2.56. The first-order chi connectivity index (χ1) is 21.9. The van der Waals surface area contributed by atoms with Gasteiger partial charge in [-0.1, -0.05) is 60.7 Å². The highest BCUT2D eigenvalue weighted by molar-refractivity contribution is 7.92. The number of nitrogens with one attached hydrogen (secondary N) is 1. The number of halogens is 1. The van der Waals surface area contributed by atoms with Crippen molar-refractivity contribution in [3.05, 3.63) is 126 Å². The molecule has 0 bridgehead atoms. The highest BCUT2D eigenvalue weighted by atomic mass is 32.2. The number of benzene rings is 4. The van der Waals surface area contributed by atoms with E-state index in [-0.39, 0.29) is 29.5 Å². The van der Waals surface area contributed by atoms with Gasteiger partial charge in [-0.15, -0.1) is 0 Å². The third-order valence-electron chi connectivity index (χ3n) is 7.08. The number of ether oxygens (including phenoxy) is 1. The zero-order chi connectivity index (χ0) is 33.3. The Morgan fingerprint density at radius 2 is 1.39 bits per heavy atom. The third-order valence-corrected chi connectivity index (χ3v) is 8.87. The molecule has 0 fully saturated rings. The van der Waals surface area contributed by atoms with Gasteiger partial charge in [-0.2, -0.15) is 0 Å². The first kappa shape index (κ1) is 34.2. The van der Waals surface area contributed by atoms with Gasteiger partial charge >= 0.3 is 0 Å². The Labute approximate surface area is 270 Å². The average molecular weight is 646 g/mol. The number of anilines is 1. The van der Waals surface area contributed by atoms with Crippen LogP contribution in [-0.4, -0.2) is 49.9 Å². The maximum absolute atomic E-state index is 14.5. The summed E-state index contributed by atoms with van der Waals surface area (Å²) >= 11 is 0. The molecule has 0 saturated heterocycles. The molecule has 10 heteroatoms. The summed E-state index contributed by atoms with van der Waals surface area (Å²) in [4.78, 5) is 29.7. The van der Waals surface area contributed by atoms with E-state index in [0.29, 0.717) is 12.4 Å². The first-order valence-electron chi connectivity index (χ1n) is 15.1. The van der Waals surface area contributed by atoms with E-state index in [1.54, 1.807) is 24.3 Å². The number of rotatable bonds is 13. The molecule has 8 nitrogen and oxygen atoms in total. The van der Waals surface area contributed by atoms with E-state index in [2.05, 4.69) is 5.32 Å². The maximum atomic E-state index is 14.5. The number of carbonyl (C=O) groups is 2. The molecule has 0 radical (unpaired) electrons. The van der Waals surface area contributed by atoms with Gasteiger partial charge in [0, 0.05) is 18.5 Å². The van der Waals surface area contributed by atoms with E-state index in [9.17, 15) is 22.4 Å². The minimum Gasteiger partial charge on any atom is -0.494 e. The summed E-state index contributed by atoms with van der Waals surface area (Å²) in [5.74, 6) is -1.02. The Morgan fingerprint density at radius 3 is 1.93 bits per heavy atom. The molecule has 0 unspecified atom stereocenters. The summed E-state index contributed by atoms with van der Waals surface area (Å²) in [6, 6.07) is 28.4. The number of nitrogens with zero attached hydrogens (tertiary/aromatic N) is 2. The van der Waals surface area contributed by atoms with Gasteiger partial charge in [0.1, 0.15) is 24.2 Å². The fraction of sp³-hybridized carbons (Fsp3) is 0.278. The van der Waals surface area contributed by atoms with Crippen molar-refractivity contribution in [2.75, 3.05) is 17.5 Å². The Bertz CT molecular complexity index is 1690. The SMILES string of the molecule is CCOc1ccc(N(CC(=O)N(Cc2ccccc2)[C@H](Cc2ccccc2)C(=O)NC(C)(C)C)S(=O)(=O)c2ccc(F)cc2)cc1. The monoisotopic (exact) mass is 645 g/mol. The van der Waals surface area contributed by atoms with E-state index < -0.39 is 39.9 Å². The zero-order valence-corrected chi connectivity index (χ0v) is 27.3. The summed E-state index contributed by atoms with van der Waals surface area (Å²) in [5, 5.41) is 3.01. The van der Waals surface area contributed by atoms with Crippen molar-refractivity contribution in [1.82, 2.24) is 10.2 Å². The van der Waals surface area contributed by atoms with Crippen LogP contribution in [0.2, 0.25) is 0 Å². The number of hydrogen-bond donors (Lipinski definition) is 1. The number of carbonyl (C=O) groups excluding carboxylic acids is 2. The molecular weight excluding hydrogens is 605 g/mol. The molecule has 0 heterocycles. The Hall–Kier alpha value is -4.70. The zero-order valence-electron chi connectivity index (χ0n) is 26.5. The highest BCUT2D eigenvalue weighted by Crippen LogP contribution is 2.27. The van der Waals surface area contributed by atoms with Crippen molar-refractivity contribution in [2.45, 2.75) is 57.1 Å². The van der Waals surface area contributed by atoms with Crippen molar-refractivity contribution in [1.29, 1.82) is 0 Å². The Morgan fingerprint density at radius 1 is 0.826 bits per heavy atom. The van der Waals surface area contributed by atoms with E-state index in [4.69, 9.17) is 4.74 Å². The highest BCUT2D eigenvalue weighted by Gasteiger charge is 2.35. The maximum Gasteiger partial charge on any atom is 0.264 e. The van der Waals surface area contributed by atoms with Gasteiger partial charge in [0.25, 0.3) is 10.0 Å². The normalized spacial score (nSPS) is 12.2. The van der Waals surface area contributed by atoms with Gasteiger partial charge in [0.05, 0.1) is 17.2 Å². The molecule has 0 aliphatic rings. The van der Waals surface area contributed by atoms with Gasteiger partial charge in [0.2, 0.25) is 11.8 Å². The second-order valence-electron chi connectivity index (χ2n) is 11.8. The van der Waals surface area contributed by atoms with Gasteiger partial charge in [0.15, 0.2) is 0 Å². The van der Waals surface area contributed by atoms with E-state index in [1.807, 2.05) is 88.4 Å². The largest absolute Gasteiger partial charge is 0.494 e. The molecule has 0 aromatic heterocycles. The van der Waals surface area contributed by atoms with Crippen molar-refractivity contribution >= 4 is 27.5 Å². The molecule has 0 saturated carbocycles. The lowest BCUT2D eigenvalue weighted by molar-refractivity contribution is -0.140. The summed E-state index contributed by atoms with van der Waals surface area (Å²) in [7, 11) is -4.35. The van der Waals surface area contributed by atoms with Gasteiger partial charge in [-0.25, -0.2) is 12.8 Å². The molecule has 46 heavy (non-hydrogen) atoms. The van der Waals surface area contributed by atoms with E-state index in [0.717, 1.165) is 39.7 Å². The Kier molecular flexibility index (Phi) is 11.2. The molecule has 0 aliphatic heterocycles. The average Bonchev–Trinajstić information content (AvgIpc) is 3.02. The van der Waals surface area contributed by atoms with Crippen molar-refractivity contribution < 1.29 is 27.1 Å². The predicted octanol–water partition coefficient (Wildman–Crippen LogP) is 5.97. The summed E-state index contributed by atoms with van der Waals surface area (Å²) < 4.78 is 48.4. The minimum atomic E-state index is -4.35. The van der Waals surface area contributed by atoms with Crippen LogP contribution in [0.1, 0.15) is 38.8 Å². The quantitative estimate of drug-likeness (QED) is 0.193. The van der Waals surface area contributed by atoms with Crippen LogP contribution < -0.4 is 14.4 Å². The minimum absolute atomic E-state index is 0.0580. The lowest BCUT2D eigenvalue weighted by atomic mass is 10.0. The molecule has 1 atom stereocenters. The van der Waals surface area contributed by atoms with Gasteiger partial charge < -0.3 is 15.0 Å². The van der Waals surface area contributed by atoms with Crippen LogP contribution in [0, 0.1) is 5.82 Å². The first-order valence-corrected chi connectivity index (χ1v) is 16.5. The van der Waals surface area contributed by atoms with Crippen LogP contribution in [0.3, 0.4) is 0 Å². The Balaban J connectivity index is 1.80. The summed E-state index contributed by atoms with van der Waals surface area (Å²) in [6.45, 7) is 7.27. The van der Waals surface area contributed by atoms with Crippen LogP contribution in [0.15, 0.2) is 114 Å². The molecule has 0 spiro atoms. The fourth-order valence-electron chi connectivity index (χ4n) is 4.92. The fourth-order valence-corrected chi connectivity index (χ4v) is 6.34. The molecule has 4 aromatic carbocycles. The molecule has 2 amide bonds. The van der Waals surface area contributed by atoms with Crippen LogP contribution in [0.25, 0.3) is 0 Å². The van der Waals surface area contributed by atoms with Gasteiger partial charge in [-0.3, -0.25) is 13.9 Å². The molecule has 242 valence electrons. The smallest absolute Gasteiger partial charge is 0.264 e. The topological polar surface area (TPSA) is 96.0 Å². The summed E-state index contributed by atoms with van der Waals surface area (Å²) in [5.41, 5.74) is 1.23. The molecule has 0 aliphatic carbocycles. The molecule has 1 N–H and O–H groups in total. The van der Waals surface area contributed by atoms with Crippen molar-refractivity contribution in [3.63, 3.8) is 0 Å². The van der Waals surface area contributed by atoms with E-state index in [1.165, 1.54) is 4.90 Å². The standard InChI is InChI=1S/C36H40FN3O5S/c1-5-45-31-20-18-30(19-21-31)40(46(43,44)32-22-16-29(37)17-23-32)26-34(41)39(25-28-14-10-7-11-15-28)33(35(42)38-36(2,3)4)24-27-12-8-6-9-13-27/h6-23,33H,5,24-26H2,1-4H3,(H,38,42)/t33-/m1/s1. The van der Waals surface area contributed by atoms with E-state index >= 15 is 0 Å². The van der Waals surface area contributed by atoms with Crippen molar-refractivity contribution in [3.8, 4) is 5.75 Å². The predicted molar refractivity (Wildman–Crippen MR) is 177 cm³/mol.